The molecule has 1 fully saturated rings. The van der Waals surface area contributed by atoms with E-state index in [1.165, 1.54) is 0 Å². The lowest BCUT2D eigenvalue weighted by Gasteiger charge is -2.25. The van der Waals surface area contributed by atoms with E-state index in [0.29, 0.717) is 33.5 Å². The molecule has 0 aliphatic carbocycles. The van der Waals surface area contributed by atoms with Gasteiger partial charge in [0.25, 0.3) is 0 Å². The molecule has 1 atom stereocenters. The molecule has 0 radical (unpaired) electrons. The van der Waals surface area contributed by atoms with Crippen molar-refractivity contribution >= 4 is 35.1 Å². The quantitative estimate of drug-likeness (QED) is 0.539. The van der Waals surface area contributed by atoms with Crippen molar-refractivity contribution in [2.24, 2.45) is 0 Å². The summed E-state index contributed by atoms with van der Waals surface area (Å²) in [6.07, 6.45) is 1.94. The highest BCUT2D eigenvalue weighted by atomic mass is 35.5. The molecule has 1 unspecified atom stereocenters. The number of amides is 1. The highest BCUT2D eigenvalue weighted by Gasteiger charge is 2.31. The SMILES string of the molecule is O=C(O)c1ccc(C2CCCN2C(=O)Cc2ccc(Cl)cc2)nc1-c1ccc(Cl)cc1. The molecule has 4 rings (SSSR count). The number of carbonyl (C=O) groups excluding carboxylic acids is 1. The van der Waals surface area contributed by atoms with Gasteiger partial charge in [-0.2, -0.15) is 0 Å². The number of rotatable bonds is 5. The van der Waals surface area contributed by atoms with Gasteiger partial charge < -0.3 is 10.0 Å². The molecule has 158 valence electrons. The lowest BCUT2D eigenvalue weighted by atomic mass is 10.0. The molecule has 5 nitrogen and oxygen atoms in total. The number of hydrogen-bond acceptors (Lipinski definition) is 3. The van der Waals surface area contributed by atoms with E-state index >= 15 is 0 Å². The Hall–Kier alpha value is -2.89. The van der Waals surface area contributed by atoms with Crippen molar-refractivity contribution in [3.8, 4) is 11.3 Å². The first-order valence-corrected chi connectivity index (χ1v) is 10.7. The van der Waals surface area contributed by atoms with Gasteiger partial charge >= 0.3 is 5.97 Å². The van der Waals surface area contributed by atoms with Gasteiger partial charge in [0.15, 0.2) is 0 Å². The summed E-state index contributed by atoms with van der Waals surface area (Å²) in [4.78, 5) is 31.3. The number of nitrogens with zero attached hydrogens (tertiary/aromatic N) is 2. The van der Waals surface area contributed by atoms with Gasteiger partial charge in [-0.1, -0.05) is 47.5 Å². The van der Waals surface area contributed by atoms with Crippen molar-refractivity contribution in [3.05, 3.63) is 87.5 Å². The van der Waals surface area contributed by atoms with E-state index in [2.05, 4.69) is 0 Å². The van der Waals surface area contributed by atoms with Crippen LogP contribution < -0.4 is 0 Å². The van der Waals surface area contributed by atoms with Gasteiger partial charge in [0.05, 0.1) is 29.4 Å². The van der Waals surface area contributed by atoms with Crippen LogP contribution in [0.2, 0.25) is 10.0 Å². The molecule has 0 spiro atoms. The third kappa shape index (κ3) is 4.73. The van der Waals surface area contributed by atoms with Gasteiger partial charge in [-0.05, 0) is 54.8 Å². The first kappa shape index (κ1) is 21.3. The Kier molecular flexibility index (Phi) is 6.25. The number of likely N-dealkylation sites (tertiary alicyclic amines) is 1. The molecule has 1 aromatic heterocycles. The fraction of sp³-hybridized carbons (Fsp3) is 0.208. The molecule has 7 heteroatoms. The van der Waals surface area contributed by atoms with Gasteiger partial charge in [0, 0.05) is 22.2 Å². The molecule has 2 aromatic carbocycles. The van der Waals surface area contributed by atoms with Crippen LogP contribution in [0.4, 0.5) is 0 Å². The van der Waals surface area contributed by atoms with Gasteiger partial charge in [-0.3, -0.25) is 4.79 Å². The smallest absolute Gasteiger partial charge is 0.337 e. The van der Waals surface area contributed by atoms with Crippen LogP contribution in [-0.4, -0.2) is 33.4 Å². The average Bonchev–Trinajstić information content (AvgIpc) is 3.25. The highest BCUT2D eigenvalue weighted by molar-refractivity contribution is 6.30. The molecule has 1 N–H and O–H groups in total. The minimum atomic E-state index is -1.05. The number of carbonyl (C=O) groups is 2. The van der Waals surface area contributed by atoms with Crippen molar-refractivity contribution in [1.29, 1.82) is 0 Å². The zero-order valence-corrected chi connectivity index (χ0v) is 18.1. The summed E-state index contributed by atoms with van der Waals surface area (Å²) < 4.78 is 0. The van der Waals surface area contributed by atoms with Crippen molar-refractivity contribution < 1.29 is 14.7 Å². The van der Waals surface area contributed by atoms with Crippen LogP contribution in [0.5, 0.6) is 0 Å². The number of carboxylic acids is 1. The number of benzene rings is 2. The number of aromatic carboxylic acids is 1. The summed E-state index contributed by atoms with van der Waals surface area (Å²) in [7, 11) is 0. The normalized spacial score (nSPS) is 15.8. The van der Waals surface area contributed by atoms with E-state index in [1.54, 1.807) is 48.5 Å². The Morgan fingerprint density at radius 1 is 0.968 bits per heavy atom. The van der Waals surface area contributed by atoms with Gasteiger partial charge in [0.2, 0.25) is 5.91 Å². The number of aromatic nitrogens is 1. The second kappa shape index (κ2) is 9.08. The van der Waals surface area contributed by atoms with Crippen molar-refractivity contribution in [2.75, 3.05) is 6.54 Å². The molecule has 1 amide bonds. The Labute approximate surface area is 190 Å². The Bertz CT molecular complexity index is 1110. The summed E-state index contributed by atoms with van der Waals surface area (Å²) in [6, 6.07) is 17.2. The van der Waals surface area contributed by atoms with Crippen molar-refractivity contribution in [1.82, 2.24) is 9.88 Å². The predicted molar refractivity (Wildman–Crippen MR) is 120 cm³/mol. The molecule has 2 heterocycles. The molecule has 3 aromatic rings. The van der Waals surface area contributed by atoms with Crippen molar-refractivity contribution in [3.63, 3.8) is 0 Å². The molecule has 0 bridgehead atoms. The monoisotopic (exact) mass is 454 g/mol. The zero-order valence-electron chi connectivity index (χ0n) is 16.6. The number of halogens is 2. The maximum Gasteiger partial charge on any atom is 0.337 e. The van der Waals surface area contributed by atoms with Crippen molar-refractivity contribution in [2.45, 2.75) is 25.3 Å². The van der Waals surface area contributed by atoms with Gasteiger partial charge in [-0.15, -0.1) is 0 Å². The lowest BCUT2D eigenvalue weighted by molar-refractivity contribution is -0.131. The maximum atomic E-state index is 13.0. The van der Waals surface area contributed by atoms with Gasteiger partial charge in [-0.25, -0.2) is 9.78 Å². The Balaban J connectivity index is 1.63. The predicted octanol–water partition coefficient (Wildman–Crippen LogP) is 5.66. The Morgan fingerprint density at radius 2 is 1.61 bits per heavy atom. The standard InChI is InChI=1S/C24H20Cl2N2O3/c25-17-7-3-15(4-8-17)14-22(29)28-13-1-2-21(28)20-12-11-19(24(30)31)23(27-20)16-5-9-18(26)10-6-16/h3-12,21H,1-2,13-14H2,(H,30,31). The van der Waals surface area contributed by atoms with Crippen LogP contribution in [0.1, 0.15) is 40.5 Å². The van der Waals surface area contributed by atoms with E-state index in [-0.39, 0.29) is 23.9 Å². The van der Waals surface area contributed by atoms with E-state index in [0.717, 1.165) is 18.4 Å². The van der Waals surface area contributed by atoms with Crippen LogP contribution in [0.3, 0.4) is 0 Å². The Morgan fingerprint density at radius 3 is 2.26 bits per heavy atom. The topological polar surface area (TPSA) is 70.5 Å². The fourth-order valence-corrected chi connectivity index (χ4v) is 4.16. The first-order chi connectivity index (χ1) is 14.9. The van der Waals surface area contributed by atoms with E-state index in [4.69, 9.17) is 28.2 Å². The summed E-state index contributed by atoms with van der Waals surface area (Å²) in [5.41, 5.74) is 2.75. The first-order valence-electron chi connectivity index (χ1n) is 9.96. The zero-order chi connectivity index (χ0) is 22.0. The molecule has 0 saturated carbocycles. The molecule has 1 aliphatic heterocycles. The maximum absolute atomic E-state index is 13.0. The number of hydrogen-bond donors (Lipinski definition) is 1. The largest absolute Gasteiger partial charge is 0.478 e. The van der Waals surface area contributed by atoms with E-state index < -0.39 is 5.97 Å². The minimum Gasteiger partial charge on any atom is -0.478 e. The second-order valence-corrected chi connectivity index (χ2v) is 8.37. The molecule has 1 saturated heterocycles. The summed E-state index contributed by atoms with van der Waals surface area (Å²) in [5.74, 6) is -1.03. The van der Waals surface area contributed by atoms with E-state index in [9.17, 15) is 14.7 Å². The van der Waals surface area contributed by atoms with Crippen LogP contribution in [0, 0.1) is 0 Å². The number of carboxylic acid groups (broad SMARTS) is 1. The second-order valence-electron chi connectivity index (χ2n) is 7.49. The number of pyridine rings is 1. The lowest BCUT2D eigenvalue weighted by Crippen LogP contribution is -2.32. The van der Waals surface area contributed by atoms with E-state index in [1.807, 2.05) is 17.0 Å². The van der Waals surface area contributed by atoms with Crippen LogP contribution in [0.25, 0.3) is 11.3 Å². The highest BCUT2D eigenvalue weighted by Crippen LogP contribution is 2.34. The summed E-state index contributed by atoms with van der Waals surface area (Å²) in [5, 5.41) is 10.8. The molecular formula is C24H20Cl2N2O3. The summed E-state index contributed by atoms with van der Waals surface area (Å²) in [6.45, 7) is 0.649. The molecule has 1 aliphatic rings. The minimum absolute atomic E-state index is 0.0157. The van der Waals surface area contributed by atoms with Crippen LogP contribution in [-0.2, 0) is 11.2 Å². The summed E-state index contributed by atoms with van der Waals surface area (Å²) >= 11 is 11.9. The van der Waals surface area contributed by atoms with Crippen LogP contribution >= 0.6 is 23.2 Å². The molecular weight excluding hydrogens is 435 g/mol. The molecule has 31 heavy (non-hydrogen) atoms. The van der Waals surface area contributed by atoms with Crippen LogP contribution in [0.15, 0.2) is 60.7 Å². The third-order valence-corrected chi connectivity index (χ3v) is 5.95. The van der Waals surface area contributed by atoms with Gasteiger partial charge in [0.1, 0.15) is 0 Å². The fourth-order valence-electron chi connectivity index (χ4n) is 3.91. The third-order valence-electron chi connectivity index (χ3n) is 5.45. The average molecular weight is 455 g/mol.